The Morgan fingerprint density at radius 2 is 2.07 bits per heavy atom. The molecule has 1 N–H and O–H groups in total. The van der Waals surface area contributed by atoms with E-state index in [0.29, 0.717) is 12.1 Å². The maximum Gasteiger partial charge on any atom is 0.419 e. The largest absolute Gasteiger partial charge is 0.497 e. The van der Waals surface area contributed by atoms with E-state index in [-0.39, 0.29) is 5.76 Å². The Morgan fingerprint density at radius 1 is 1.17 bits per heavy atom. The van der Waals surface area contributed by atoms with Gasteiger partial charge in [0.25, 0.3) is 0 Å². The van der Waals surface area contributed by atoms with Gasteiger partial charge in [-0.15, -0.1) is 0 Å². The second-order valence-electron chi connectivity index (χ2n) is 7.73. The summed E-state index contributed by atoms with van der Waals surface area (Å²) in [6.07, 6.45) is 6.35. The number of hydrogen-bond donors (Lipinski definition) is 1. The van der Waals surface area contributed by atoms with Crippen molar-refractivity contribution in [1.82, 2.24) is 14.5 Å². The van der Waals surface area contributed by atoms with Gasteiger partial charge in [-0.25, -0.2) is 4.79 Å². The summed E-state index contributed by atoms with van der Waals surface area (Å²) in [4.78, 5) is 17.9. The van der Waals surface area contributed by atoms with E-state index in [1.807, 2.05) is 30.3 Å². The summed E-state index contributed by atoms with van der Waals surface area (Å²) in [5.41, 5.74) is 5.30. The molecule has 2 aromatic carbocycles. The molecule has 6 heteroatoms. The predicted octanol–water partition coefficient (Wildman–Crippen LogP) is 4.26. The summed E-state index contributed by atoms with van der Waals surface area (Å²) in [6.45, 7) is 3.57. The number of H-pyrrole nitrogens is 1. The zero-order valence-corrected chi connectivity index (χ0v) is 17.1. The van der Waals surface area contributed by atoms with Crippen LogP contribution >= 0.6 is 0 Å². The first-order valence-electron chi connectivity index (χ1n) is 10.4. The number of para-hydroxylation sites is 2. The van der Waals surface area contributed by atoms with Gasteiger partial charge < -0.3 is 14.1 Å². The smallest absolute Gasteiger partial charge is 0.419 e. The summed E-state index contributed by atoms with van der Waals surface area (Å²) < 4.78 is 12.4. The number of aromatic amines is 1. The minimum absolute atomic E-state index is 0.271. The number of aryl methyl sites for hydroxylation is 1. The Labute approximate surface area is 174 Å². The van der Waals surface area contributed by atoms with Gasteiger partial charge in [-0.05, 0) is 48.7 Å². The molecule has 0 amide bonds. The van der Waals surface area contributed by atoms with Crippen LogP contribution in [0, 0.1) is 0 Å². The minimum Gasteiger partial charge on any atom is -0.497 e. The second-order valence-corrected chi connectivity index (χ2v) is 7.73. The van der Waals surface area contributed by atoms with E-state index in [1.54, 1.807) is 11.7 Å². The standard InChI is InChI=1S/C24H25N3O3/c1-29-18-7-8-21-19(15-18)20(16-25-21)17-9-13-26(14-10-17)11-4-12-27-22-5-2-3-6-23(22)30-24(27)28/h2-3,5-9,15-16,25H,4,10-14H2,1H3. The van der Waals surface area contributed by atoms with E-state index in [4.69, 9.17) is 9.15 Å². The van der Waals surface area contributed by atoms with Crippen LogP contribution in [0.1, 0.15) is 18.4 Å². The molecule has 6 nitrogen and oxygen atoms in total. The summed E-state index contributed by atoms with van der Waals surface area (Å²) in [5, 5.41) is 1.21. The molecule has 5 rings (SSSR count). The molecule has 30 heavy (non-hydrogen) atoms. The van der Waals surface area contributed by atoms with Crippen LogP contribution in [-0.2, 0) is 6.54 Å². The van der Waals surface area contributed by atoms with Crippen molar-refractivity contribution in [3.05, 3.63) is 70.9 Å². The molecule has 1 aliphatic heterocycles. The Balaban J connectivity index is 1.24. The lowest BCUT2D eigenvalue weighted by molar-refractivity contribution is 0.290. The Kier molecular flexibility index (Phi) is 4.93. The van der Waals surface area contributed by atoms with Crippen LogP contribution in [0.15, 0.2) is 63.9 Å². The lowest BCUT2D eigenvalue weighted by Gasteiger charge is -2.26. The average molecular weight is 403 g/mol. The zero-order chi connectivity index (χ0) is 20.5. The van der Waals surface area contributed by atoms with Gasteiger partial charge in [-0.3, -0.25) is 9.47 Å². The third-order valence-electron chi connectivity index (χ3n) is 5.96. The number of benzene rings is 2. The van der Waals surface area contributed by atoms with E-state index in [2.05, 4.69) is 34.3 Å². The predicted molar refractivity (Wildman–Crippen MR) is 119 cm³/mol. The number of oxazole rings is 1. The Hall–Kier alpha value is -3.25. The van der Waals surface area contributed by atoms with Crippen LogP contribution in [0.2, 0.25) is 0 Å². The molecule has 1 aliphatic rings. The molecule has 0 bridgehead atoms. The first-order chi connectivity index (χ1) is 14.7. The first kappa shape index (κ1) is 18.8. The molecule has 0 radical (unpaired) electrons. The Morgan fingerprint density at radius 3 is 2.90 bits per heavy atom. The van der Waals surface area contributed by atoms with E-state index >= 15 is 0 Å². The van der Waals surface area contributed by atoms with E-state index in [0.717, 1.165) is 49.3 Å². The first-order valence-corrected chi connectivity index (χ1v) is 10.4. The van der Waals surface area contributed by atoms with Crippen LogP contribution in [0.25, 0.3) is 27.6 Å². The average Bonchev–Trinajstić information content (AvgIpc) is 3.34. The topological polar surface area (TPSA) is 63.4 Å². The van der Waals surface area contributed by atoms with Crippen molar-refractivity contribution in [3.63, 3.8) is 0 Å². The third kappa shape index (κ3) is 3.44. The third-order valence-corrected chi connectivity index (χ3v) is 5.96. The molecule has 4 aromatic rings. The molecular weight excluding hydrogens is 378 g/mol. The van der Waals surface area contributed by atoms with Crippen LogP contribution in [0.4, 0.5) is 0 Å². The van der Waals surface area contributed by atoms with Gasteiger partial charge in [-0.1, -0.05) is 18.2 Å². The Bertz CT molecular complexity index is 1280. The maximum absolute atomic E-state index is 12.1. The maximum atomic E-state index is 12.1. The van der Waals surface area contributed by atoms with Gasteiger partial charge in [-0.2, -0.15) is 0 Å². The number of nitrogens with zero attached hydrogens (tertiary/aromatic N) is 2. The molecule has 0 fully saturated rings. The molecule has 0 atom stereocenters. The second kappa shape index (κ2) is 7.88. The van der Waals surface area contributed by atoms with Crippen molar-refractivity contribution >= 4 is 27.6 Å². The SMILES string of the molecule is COc1ccc2[nH]cc(C3=CCN(CCCn4c(=O)oc5ccccc54)CC3)c2c1. The van der Waals surface area contributed by atoms with Crippen molar-refractivity contribution < 1.29 is 9.15 Å². The van der Waals surface area contributed by atoms with Crippen molar-refractivity contribution in [2.75, 3.05) is 26.7 Å². The number of fused-ring (bicyclic) bond motifs is 2. The highest BCUT2D eigenvalue weighted by Crippen LogP contribution is 2.31. The number of nitrogens with one attached hydrogen (secondary N) is 1. The summed E-state index contributed by atoms with van der Waals surface area (Å²) in [5.74, 6) is 0.607. The number of hydrogen-bond acceptors (Lipinski definition) is 4. The highest BCUT2D eigenvalue weighted by molar-refractivity contribution is 5.93. The minimum atomic E-state index is -0.271. The molecule has 0 saturated carbocycles. The lowest BCUT2D eigenvalue weighted by Crippen LogP contribution is -2.30. The molecule has 0 unspecified atom stereocenters. The van der Waals surface area contributed by atoms with Crippen molar-refractivity contribution in [2.24, 2.45) is 0 Å². The molecular formula is C24H25N3O3. The van der Waals surface area contributed by atoms with Crippen molar-refractivity contribution in [2.45, 2.75) is 19.4 Å². The summed E-state index contributed by atoms with van der Waals surface area (Å²) in [7, 11) is 1.70. The van der Waals surface area contributed by atoms with E-state index in [9.17, 15) is 4.79 Å². The van der Waals surface area contributed by atoms with Gasteiger partial charge in [0, 0.05) is 48.8 Å². The number of ether oxygens (including phenoxy) is 1. The lowest BCUT2D eigenvalue weighted by atomic mass is 9.98. The van der Waals surface area contributed by atoms with Gasteiger partial charge in [0.15, 0.2) is 5.58 Å². The highest BCUT2D eigenvalue weighted by atomic mass is 16.5. The van der Waals surface area contributed by atoms with Crippen LogP contribution in [-0.4, -0.2) is 41.2 Å². The van der Waals surface area contributed by atoms with Crippen LogP contribution in [0.3, 0.4) is 0 Å². The van der Waals surface area contributed by atoms with E-state index < -0.39 is 0 Å². The number of rotatable bonds is 6. The fourth-order valence-electron chi connectivity index (χ4n) is 4.33. The molecule has 0 saturated heterocycles. The molecule has 0 spiro atoms. The molecule has 3 heterocycles. The summed E-state index contributed by atoms with van der Waals surface area (Å²) in [6, 6.07) is 13.7. The monoisotopic (exact) mass is 403 g/mol. The highest BCUT2D eigenvalue weighted by Gasteiger charge is 2.16. The molecule has 0 aliphatic carbocycles. The summed E-state index contributed by atoms with van der Waals surface area (Å²) >= 11 is 0. The van der Waals surface area contributed by atoms with Gasteiger partial charge in [0.05, 0.1) is 12.6 Å². The fourth-order valence-corrected chi connectivity index (χ4v) is 4.33. The normalized spacial score (nSPS) is 15.0. The fraction of sp³-hybridized carbons (Fsp3) is 0.292. The molecule has 2 aromatic heterocycles. The zero-order valence-electron chi connectivity index (χ0n) is 17.1. The van der Waals surface area contributed by atoms with Crippen molar-refractivity contribution in [3.8, 4) is 5.75 Å². The quantitative estimate of drug-likeness (QED) is 0.522. The van der Waals surface area contributed by atoms with Crippen LogP contribution < -0.4 is 10.5 Å². The van der Waals surface area contributed by atoms with E-state index in [1.165, 1.54) is 16.5 Å². The number of aromatic nitrogens is 2. The van der Waals surface area contributed by atoms with Gasteiger partial charge >= 0.3 is 5.76 Å². The van der Waals surface area contributed by atoms with Crippen molar-refractivity contribution in [1.29, 1.82) is 0 Å². The number of methoxy groups -OCH3 is 1. The molecule has 154 valence electrons. The van der Waals surface area contributed by atoms with Gasteiger partial charge in [0.1, 0.15) is 5.75 Å². The van der Waals surface area contributed by atoms with Gasteiger partial charge in [0.2, 0.25) is 0 Å². The van der Waals surface area contributed by atoms with Crippen LogP contribution in [0.5, 0.6) is 5.75 Å².